The Balaban J connectivity index is 1.46. The van der Waals surface area contributed by atoms with Gasteiger partial charge in [0.25, 0.3) is 0 Å². The Bertz CT molecular complexity index is 653. The Morgan fingerprint density at radius 2 is 2.08 bits per heavy atom. The molecule has 1 aliphatic heterocycles. The maximum Gasteiger partial charge on any atom is 0.237 e. The highest BCUT2D eigenvalue weighted by atomic mass is 32.1. The van der Waals surface area contributed by atoms with Gasteiger partial charge in [-0.15, -0.1) is 11.3 Å². The largest absolute Gasteiger partial charge is 0.379 e. The lowest BCUT2D eigenvalue weighted by Gasteiger charge is -2.31. The zero-order valence-corrected chi connectivity index (χ0v) is 14.7. The van der Waals surface area contributed by atoms with Crippen molar-refractivity contribution in [2.45, 2.75) is 19.4 Å². The fraction of sp³-hybridized carbons (Fsp3) is 0.444. The van der Waals surface area contributed by atoms with Gasteiger partial charge in [-0.1, -0.05) is 30.3 Å². The highest BCUT2D eigenvalue weighted by Gasteiger charge is 2.22. The van der Waals surface area contributed by atoms with Gasteiger partial charge in [0.15, 0.2) is 0 Å². The fourth-order valence-corrected chi connectivity index (χ4v) is 3.55. The number of rotatable bonds is 6. The molecule has 1 aromatic carbocycles. The normalized spacial score (nSPS) is 16.7. The first-order chi connectivity index (χ1) is 11.7. The van der Waals surface area contributed by atoms with Crippen LogP contribution in [0.25, 0.3) is 11.3 Å². The molecule has 1 atom stereocenters. The van der Waals surface area contributed by atoms with Crippen LogP contribution in [0.1, 0.15) is 11.9 Å². The molecule has 2 aromatic rings. The first-order valence-electron chi connectivity index (χ1n) is 8.33. The molecule has 1 saturated heterocycles. The standard InChI is InChI=1S/C18H23N3O2S/c1-14(21-9-11-23-12-10-21)18(22)19-8-7-17-20-16(13-24-17)15-5-3-2-4-6-15/h2-6,13-14H,7-12H2,1H3,(H,19,22). The van der Waals surface area contributed by atoms with Crippen molar-refractivity contribution in [2.24, 2.45) is 0 Å². The molecule has 0 radical (unpaired) electrons. The fourth-order valence-electron chi connectivity index (χ4n) is 2.74. The van der Waals surface area contributed by atoms with Crippen molar-refractivity contribution < 1.29 is 9.53 Å². The van der Waals surface area contributed by atoms with Crippen LogP contribution >= 0.6 is 11.3 Å². The van der Waals surface area contributed by atoms with E-state index in [-0.39, 0.29) is 11.9 Å². The number of ether oxygens (including phenoxy) is 1. The minimum atomic E-state index is -0.106. The van der Waals surface area contributed by atoms with Crippen LogP contribution in [0.5, 0.6) is 0 Å². The van der Waals surface area contributed by atoms with E-state index in [0.29, 0.717) is 19.8 Å². The SMILES string of the molecule is CC(C(=O)NCCc1nc(-c2ccccc2)cs1)N1CCOCC1. The van der Waals surface area contributed by atoms with E-state index < -0.39 is 0 Å². The minimum absolute atomic E-state index is 0.0803. The lowest BCUT2D eigenvalue weighted by Crippen LogP contribution is -2.49. The summed E-state index contributed by atoms with van der Waals surface area (Å²) in [6.45, 7) is 5.63. The monoisotopic (exact) mass is 345 g/mol. The molecule has 3 rings (SSSR count). The number of nitrogens with one attached hydrogen (secondary N) is 1. The zero-order chi connectivity index (χ0) is 16.8. The number of aromatic nitrogens is 1. The van der Waals surface area contributed by atoms with E-state index in [1.54, 1.807) is 11.3 Å². The molecule has 128 valence electrons. The molecular formula is C18H23N3O2S. The predicted molar refractivity (Wildman–Crippen MR) is 96.1 cm³/mol. The van der Waals surface area contributed by atoms with Crippen LogP contribution in [-0.2, 0) is 16.0 Å². The average molecular weight is 345 g/mol. The maximum absolute atomic E-state index is 12.2. The summed E-state index contributed by atoms with van der Waals surface area (Å²) in [4.78, 5) is 19.1. The summed E-state index contributed by atoms with van der Waals surface area (Å²) < 4.78 is 5.33. The van der Waals surface area contributed by atoms with E-state index in [4.69, 9.17) is 4.74 Å². The third kappa shape index (κ3) is 4.41. The first-order valence-corrected chi connectivity index (χ1v) is 9.21. The number of carbonyl (C=O) groups excluding carboxylic acids is 1. The van der Waals surface area contributed by atoms with Crippen LogP contribution in [-0.4, -0.2) is 54.7 Å². The molecule has 0 spiro atoms. The van der Waals surface area contributed by atoms with Crippen molar-refractivity contribution in [3.8, 4) is 11.3 Å². The summed E-state index contributed by atoms with van der Waals surface area (Å²) in [5.74, 6) is 0.0803. The average Bonchev–Trinajstić information content (AvgIpc) is 3.11. The molecular weight excluding hydrogens is 322 g/mol. The van der Waals surface area contributed by atoms with E-state index in [1.807, 2.05) is 25.1 Å². The van der Waals surface area contributed by atoms with Gasteiger partial charge in [0, 0.05) is 37.0 Å². The zero-order valence-electron chi connectivity index (χ0n) is 13.9. The third-order valence-electron chi connectivity index (χ3n) is 4.23. The van der Waals surface area contributed by atoms with Crippen molar-refractivity contribution in [3.05, 3.63) is 40.7 Å². The molecule has 1 N–H and O–H groups in total. The van der Waals surface area contributed by atoms with Crippen molar-refractivity contribution in [3.63, 3.8) is 0 Å². The molecule has 24 heavy (non-hydrogen) atoms. The van der Waals surface area contributed by atoms with Crippen LogP contribution in [0.2, 0.25) is 0 Å². The second kappa shape index (κ2) is 8.37. The molecule has 1 amide bonds. The van der Waals surface area contributed by atoms with E-state index >= 15 is 0 Å². The van der Waals surface area contributed by atoms with Crippen molar-refractivity contribution in [1.29, 1.82) is 0 Å². The number of carbonyl (C=O) groups is 1. The van der Waals surface area contributed by atoms with Crippen LogP contribution in [0.3, 0.4) is 0 Å². The van der Waals surface area contributed by atoms with Gasteiger partial charge in [0.1, 0.15) is 0 Å². The quantitative estimate of drug-likeness (QED) is 0.872. The summed E-state index contributed by atoms with van der Waals surface area (Å²) in [6.07, 6.45) is 0.763. The van der Waals surface area contributed by atoms with Gasteiger partial charge in [-0.2, -0.15) is 0 Å². The van der Waals surface area contributed by atoms with Gasteiger partial charge in [0.2, 0.25) is 5.91 Å². The van der Waals surface area contributed by atoms with Gasteiger partial charge >= 0.3 is 0 Å². The molecule has 1 fully saturated rings. The Labute approximate surface area is 146 Å². The Morgan fingerprint density at radius 1 is 1.33 bits per heavy atom. The molecule has 6 heteroatoms. The van der Waals surface area contributed by atoms with Gasteiger partial charge in [-0.3, -0.25) is 9.69 Å². The summed E-state index contributed by atoms with van der Waals surface area (Å²) in [5.41, 5.74) is 2.13. The topological polar surface area (TPSA) is 54.5 Å². The van der Waals surface area contributed by atoms with E-state index in [0.717, 1.165) is 35.8 Å². The second-order valence-corrected chi connectivity index (χ2v) is 6.80. The Morgan fingerprint density at radius 3 is 2.83 bits per heavy atom. The Hall–Kier alpha value is -1.76. The van der Waals surface area contributed by atoms with E-state index in [1.165, 1.54) is 0 Å². The molecule has 0 saturated carbocycles. The summed E-state index contributed by atoms with van der Waals surface area (Å²) in [7, 11) is 0. The lowest BCUT2D eigenvalue weighted by molar-refractivity contribution is -0.127. The van der Waals surface area contributed by atoms with Gasteiger partial charge in [-0.05, 0) is 6.92 Å². The van der Waals surface area contributed by atoms with E-state index in [9.17, 15) is 4.79 Å². The van der Waals surface area contributed by atoms with Crippen LogP contribution in [0.4, 0.5) is 0 Å². The molecule has 1 aliphatic rings. The molecule has 2 heterocycles. The predicted octanol–water partition coefficient (Wildman–Crippen LogP) is 2.19. The smallest absolute Gasteiger partial charge is 0.237 e. The molecule has 0 aliphatic carbocycles. The number of morpholine rings is 1. The van der Waals surface area contributed by atoms with E-state index in [2.05, 4.69) is 32.7 Å². The first kappa shape index (κ1) is 17.1. The number of nitrogens with zero attached hydrogens (tertiary/aromatic N) is 2. The van der Waals surface area contributed by atoms with Crippen LogP contribution in [0, 0.1) is 0 Å². The van der Waals surface area contributed by atoms with Gasteiger partial charge < -0.3 is 10.1 Å². The summed E-state index contributed by atoms with van der Waals surface area (Å²) in [5, 5.41) is 6.14. The number of hydrogen-bond donors (Lipinski definition) is 1. The highest BCUT2D eigenvalue weighted by Crippen LogP contribution is 2.21. The Kier molecular flexibility index (Phi) is 5.96. The highest BCUT2D eigenvalue weighted by molar-refractivity contribution is 7.09. The third-order valence-corrected chi connectivity index (χ3v) is 5.14. The van der Waals surface area contributed by atoms with Crippen molar-refractivity contribution >= 4 is 17.2 Å². The van der Waals surface area contributed by atoms with Gasteiger partial charge in [0.05, 0.1) is 30.0 Å². The molecule has 0 bridgehead atoms. The lowest BCUT2D eigenvalue weighted by atomic mass is 10.2. The molecule has 1 unspecified atom stereocenters. The number of benzene rings is 1. The maximum atomic E-state index is 12.2. The summed E-state index contributed by atoms with van der Waals surface area (Å²) in [6, 6.07) is 10.0. The molecule has 1 aromatic heterocycles. The van der Waals surface area contributed by atoms with Crippen LogP contribution in [0.15, 0.2) is 35.7 Å². The van der Waals surface area contributed by atoms with Crippen molar-refractivity contribution in [1.82, 2.24) is 15.2 Å². The summed E-state index contributed by atoms with van der Waals surface area (Å²) >= 11 is 1.64. The number of hydrogen-bond acceptors (Lipinski definition) is 5. The minimum Gasteiger partial charge on any atom is -0.379 e. The molecule has 5 nitrogen and oxygen atoms in total. The second-order valence-electron chi connectivity index (χ2n) is 5.86. The number of thiazole rings is 1. The van der Waals surface area contributed by atoms with Gasteiger partial charge in [-0.25, -0.2) is 4.98 Å². The van der Waals surface area contributed by atoms with Crippen LogP contribution < -0.4 is 5.32 Å². The number of amides is 1. The van der Waals surface area contributed by atoms with Crippen molar-refractivity contribution in [2.75, 3.05) is 32.8 Å².